The van der Waals surface area contributed by atoms with Gasteiger partial charge in [-0.05, 0) is 55.8 Å². The van der Waals surface area contributed by atoms with Gasteiger partial charge in [-0.3, -0.25) is 0 Å². The summed E-state index contributed by atoms with van der Waals surface area (Å²) in [6, 6.07) is 11.4. The molecule has 0 atom stereocenters. The van der Waals surface area contributed by atoms with Crippen LogP contribution in [-0.2, 0) is 6.42 Å². The normalized spacial score (nSPS) is 10.5. The number of benzene rings is 2. The van der Waals surface area contributed by atoms with Crippen molar-refractivity contribution in [2.75, 3.05) is 52.9 Å². The molecule has 2 N–H and O–H groups in total. The van der Waals surface area contributed by atoms with Crippen LogP contribution in [0.5, 0.6) is 23.0 Å². The van der Waals surface area contributed by atoms with Crippen LogP contribution in [0.2, 0.25) is 0 Å². The molecule has 0 aromatic heterocycles. The first-order valence-corrected chi connectivity index (χ1v) is 9.08. The van der Waals surface area contributed by atoms with Crippen molar-refractivity contribution in [1.29, 1.82) is 0 Å². The fourth-order valence-electron chi connectivity index (χ4n) is 2.87. The summed E-state index contributed by atoms with van der Waals surface area (Å²) < 4.78 is 15.8. The number of phenolic OH excluding ortho intramolecular Hbond substituents is 1. The number of methoxy groups -OCH3 is 3. The molecule has 0 spiro atoms. The molecule has 0 amide bonds. The Balaban J connectivity index is 1.70. The zero-order chi connectivity index (χ0) is 19.6. The molecule has 0 bridgehead atoms. The fraction of sp³-hybridized carbons (Fsp3) is 0.429. The second-order valence-electron chi connectivity index (χ2n) is 6.32. The number of hydrogen-bond acceptors (Lipinski definition) is 6. The molecule has 0 aliphatic carbocycles. The predicted octanol–water partition coefficient (Wildman–Crippen LogP) is 3.08. The highest BCUT2D eigenvalue weighted by Gasteiger charge is 2.07. The minimum Gasteiger partial charge on any atom is -0.504 e. The summed E-state index contributed by atoms with van der Waals surface area (Å²) in [4.78, 5) is 2.15. The van der Waals surface area contributed by atoms with Gasteiger partial charge in [-0.25, -0.2) is 0 Å². The standard InChI is InChI=1S/C21H30N2O4/c1-23(17-7-8-18(24)20(15-17)26-3)13-5-11-22-12-10-16-6-9-19(25-2)21(14-16)27-4/h6-9,14-15,22,24H,5,10-13H2,1-4H3. The minimum absolute atomic E-state index is 0.159. The number of phenols is 1. The van der Waals surface area contributed by atoms with E-state index in [-0.39, 0.29) is 5.75 Å². The third-order valence-electron chi connectivity index (χ3n) is 4.49. The Kier molecular flexibility index (Phi) is 8.07. The number of nitrogens with one attached hydrogen (secondary N) is 1. The number of rotatable bonds is 11. The number of aromatic hydroxyl groups is 1. The quantitative estimate of drug-likeness (QED) is 0.590. The molecule has 0 radical (unpaired) electrons. The molecule has 2 rings (SSSR count). The molecule has 0 aliphatic heterocycles. The largest absolute Gasteiger partial charge is 0.504 e. The van der Waals surface area contributed by atoms with Gasteiger partial charge in [0.15, 0.2) is 23.0 Å². The molecule has 0 saturated heterocycles. The zero-order valence-corrected chi connectivity index (χ0v) is 16.6. The van der Waals surface area contributed by atoms with E-state index in [4.69, 9.17) is 14.2 Å². The van der Waals surface area contributed by atoms with Crippen LogP contribution in [0, 0.1) is 0 Å². The Morgan fingerprint density at radius 1 is 0.889 bits per heavy atom. The average molecular weight is 374 g/mol. The first-order chi connectivity index (χ1) is 13.1. The summed E-state index contributed by atoms with van der Waals surface area (Å²) in [6.07, 6.45) is 1.96. The Morgan fingerprint density at radius 2 is 1.63 bits per heavy atom. The third-order valence-corrected chi connectivity index (χ3v) is 4.49. The molecule has 148 valence electrons. The third kappa shape index (κ3) is 5.96. The van der Waals surface area contributed by atoms with Gasteiger partial charge in [0.05, 0.1) is 21.3 Å². The van der Waals surface area contributed by atoms with E-state index in [1.165, 1.54) is 5.56 Å². The highest BCUT2D eigenvalue weighted by Crippen LogP contribution is 2.30. The molecule has 6 nitrogen and oxygen atoms in total. The van der Waals surface area contributed by atoms with Crippen molar-refractivity contribution in [1.82, 2.24) is 5.32 Å². The van der Waals surface area contributed by atoms with Crippen molar-refractivity contribution in [3.8, 4) is 23.0 Å². The highest BCUT2D eigenvalue weighted by atomic mass is 16.5. The average Bonchev–Trinajstić information content (AvgIpc) is 2.70. The Hall–Kier alpha value is -2.60. The second-order valence-corrected chi connectivity index (χ2v) is 6.32. The summed E-state index contributed by atoms with van der Waals surface area (Å²) in [5, 5.41) is 13.2. The topological polar surface area (TPSA) is 63.2 Å². The Labute approximate surface area is 161 Å². The lowest BCUT2D eigenvalue weighted by Crippen LogP contribution is -2.25. The van der Waals surface area contributed by atoms with Crippen molar-refractivity contribution in [2.24, 2.45) is 0 Å². The van der Waals surface area contributed by atoms with Crippen LogP contribution >= 0.6 is 0 Å². The molecule has 27 heavy (non-hydrogen) atoms. The molecular formula is C21H30N2O4. The van der Waals surface area contributed by atoms with Crippen molar-refractivity contribution in [3.05, 3.63) is 42.0 Å². The van der Waals surface area contributed by atoms with Gasteiger partial charge in [-0.1, -0.05) is 6.07 Å². The fourth-order valence-corrected chi connectivity index (χ4v) is 2.87. The van der Waals surface area contributed by atoms with Gasteiger partial charge in [-0.15, -0.1) is 0 Å². The molecule has 0 saturated carbocycles. The van der Waals surface area contributed by atoms with Crippen molar-refractivity contribution in [2.45, 2.75) is 12.8 Å². The molecule has 2 aromatic rings. The maximum Gasteiger partial charge on any atom is 0.162 e. The summed E-state index contributed by atoms with van der Waals surface area (Å²) in [6.45, 7) is 2.76. The van der Waals surface area contributed by atoms with Crippen LogP contribution in [0.25, 0.3) is 0 Å². The van der Waals surface area contributed by atoms with Gasteiger partial charge in [0.1, 0.15) is 0 Å². The molecule has 0 heterocycles. The first kappa shape index (κ1) is 20.7. The molecule has 2 aromatic carbocycles. The van der Waals surface area contributed by atoms with Crippen molar-refractivity contribution < 1.29 is 19.3 Å². The van der Waals surface area contributed by atoms with E-state index in [1.54, 1.807) is 27.4 Å². The summed E-state index contributed by atoms with van der Waals surface area (Å²) in [5.74, 6) is 2.17. The Morgan fingerprint density at radius 3 is 2.33 bits per heavy atom. The van der Waals surface area contributed by atoms with E-state index in [2.05, 4.69) is 16.3 Å². The van der Waals surface area contributed by atoms with Gasteiger partial charge in [0.2, 0.25) is 0 Å². The monoisotopic (exact) mass is 374 g/mol. The maximum atomic E-state index is 9.68. The molecule has 0 fully saturated rings. The summed E-state index contributed by atoms with van der Waals surface area (Å²) in [7, 11) is 6.89. The van der Waals surface area contributed by atoms with Gasteiger partial charge in [0.25, 0.3) is 0 Å². The zero-order valence-electron chi connectivity index (χ0n) is 16.6. The van der Waals surface area contributed by atoms with E-state index in [0.717, 1.165) is 49.7 Å². The van der Waals surface area contributed by atoms with E-state index in [0.29, 0.717) is 5.75 Å². The summed E-state index contributed by atoms with van der Waals surface area (Å²) in [5.41, 5.74) is 2.24. The minimum atomic E-state index is 0.159. The van der Waals surface area contributed by atoms with E-state index >= 15 is 0 Å². The van der Waals surface area contributed by atoms with Crippen molar-refractivity contribution in [3.63, 3.8) is 0 Å². The lowest BCUT2D eigenvalue weighted by molar-refractivity contribution is 0.354. The van der Waals surface area contributed by atoms with Crippen LogP contribution in [0.15, 0.2) is 36.4 Å². The van der Waals surface area contributed by atoms with E-state index in [9.17, 15) is 5.11 Å². The lowest BCUT2D eigenvalue weighted by Gasteiger charge is -2.20. The van der Waals surface area contributed by atoms with Crippen LogP contribution in [0.4, 0.5) is 5.69 Å². The second kappa shape index (κ2) is 10.5. The number of anilines is 1. The van der Waals surface area contributed by atoms with Gasteiger partial charge in [0, 0.05) is 25.3 Å². The van der Waals surface area contributed by atoms with Gasteiger partial charge in [-0.2, -0.15) is 0 Å². The summed E-state index contributed by atoms with van der Waals surface area (Å²) >= 11 is 0. The molecule has 0 unspecified atom stereocenters. The number of hydrogen-bond donors (Lipinski definition) is 2. The van der Waals surface area contributed by atoms with Crippen LogP contribution < -0.4 is 24.4 Å². The van der Waals surface area contributed by atoms with Crippen LogP contribution in [0.1, 0.15) is 12.0 Å². The Bertz CT molecular complexity index is 721. The highest BCUT2D eigenvalue weighted by molar-refractivity contribution is 5.55. The first-order valence-electron chi connectivity index (χ1n) is 9.08. The molecule has 6 heteroatoms. The maximum absolute atomic E-state index is 9.68. The molecule has 0 aliphatic rings. The predicted molar refractivity (Wildman–Crippen MR) is 109 cm³/mol. The van der Waals surface area contributed by atoms with E-state index < -0.39 is 0 Å². The van der Waals surface area contributed by atoms with Crippen LogP contribution in [-0.4, -0.2) is 53.1 Å². The van der Waals surface area contributed by atoms with Gasteiger partial charge < -0.3 is 29.5 Å². The lowest BCUT2D eigenvalue weighted by atomic mass is 10.1. The SMILES string of the molecule is COc1cc(N(C)CCCNCCc2ccc(OC)c(OC)c2)ccc1O. The number of ether oxygens (including phenoxy) is 3. The molecular weight excluding hydrogens is 344 g/mol. The van der Waals surface area contributed by atoms with Gasteiger partial charge >= 0.3 is 0 Å². The smallest absolute Gasteiger partial charge is 0.162 e. The number of nitrogens with zero attached hydrogens (tertiary/aromatic N) is 1. The van der Waals surface area contributed by atoms with Crippen LogP contribution in [0.3, 0.4) is 0 Å². The van der Waals surface area contributed by atoms with E-state index in [1.807, 2.05) is 31.3 Å². The van der Waals surface area contributed by atoms with Crippen molar-refractivity contribution >= 4 is 5.69 Å².